The first kappa shape index (κ1) is 14.3. The molecule has 110 valence electrons. The molecule has 20 heavy (non-hydrogen) atoms. The number of ether oxygens (including phenoxy) is 2. The van der Waals surface area contributed by atoms with Gasteiger partial charge in [-0.15, -0.1) is 11.3 Å². The lowest BCUT2D eigenvalue weighted by Gasteiger charge is -2.45. The summed E-state index contributed by atoms with van der Waals surface area (Å²) in [5.74, 6) is -0.227. The van der Waals surface area contributed by atoms with E-state index in [-0.39, 0.29) is 18.1 Å². The number of rotatable bonds is 1. The zero-order valence-electron chi connectivity index (χ0n) is 11.6. The highest BCUT2D eigenvalue weighted by Crippen LogP contribution is 2.47. The van der Waals surface area contributed by atoms with Gasteiger partial charge >= 0.3 is 5.97 Å². The van der Waals surface area contributed by atoms with Crippen LogP contribution >= 0.6 is 22.9 Å². The van der Waals surface area contributed by atoms with E-state index in [9.17, 15) is 4.79 Å². The fourth-order valence-electron chi connectivity index (χ4n) is 3.35. The summed E-state index contributed by atoms with van der Waals surface area (Å²) in [4.78, 5) is 13.1. The average molecular weight is 316 g/mol. The molecule has 0 radical (unpaired) electrons. The number of carbonyl (C=O) groups is 1. The van der Waals surface area contributed by atoms with Crippen molar-refractivity contribution >= 4 is 28.9 Å². The number of hydrogen-bond acceptors (Lipinski definition) is 5. The fraction of sp³-hybridized carbons (Fsp3) is 0.643. The highest BCUT2D eigenvalue weighted by atomic mass is 35.5. The maximum atomic E-state index is 11.9. The molecular weight excluding hydrogens is 298 g/mol. The predicted octanol–water partition coefficient (Wildman–Crippen LogP) is 2.48. The highest BCUT2D eigenvalue weighted by molar-refractivity contribution is 7.16. The molecular formula is C14H18ClNO3S. The van der Waals surface area contributed by atoms with Crippen LogP contribution in [0.3, 0.4) is 0 Å². The largest absolute Gasteiger partial charge is 0.468 e. The highest BCUT2D eigenvalue weighted by Gasteiger charge is 2.47. The van der Waals surface area contributed by atoms with Crippen LogP contribution in [0.25, 0.3) is 0 Å². The first-order valence-electron chi connectivity index (χ1n) is 6.80. The molecule has 1 N–H and O–H groups in total. The Labute approximate surface area is 127 Å². The third-order valence-corrected chi connectivity index (χ3v) is 5.58. The summed E-state index contributed by atoms with van der Waals surface area (Å²) >= 11 is 7.75. The van der Waals surface area contributed by atoms with Crippen molar-refractivity contribution in [1.82, 2.24) is 5.32 Å². The van der Waals surface area contributed by atoms with Crippen LogP contribution < -0.4 is 5.32 Å². The molecule has 0 unspecified atom stereocenters. The minimum atomic E-state index is -0.394. The summed E-state index contributed by atoms with van der Waals surface area (Å²) in [6, 6.07) is 1.90. The van der Waals surface area contributed by atoms with Crippen molar-refractivity contribution < 1.29 is 14.3 Å². The van der Waals surface area contributed by atoms with Crippen LogP contribution in [0.15, 0.2) is 6.07 Å². The Morgan fingerprint density at radius 1 is 1.60 bits per heavy atom. The number of nitrogens with one attached hydrogen (secondary N) is 1. The average Bonchev–Trinajstić information content (AvgIpc) is 2.79. The van der Waals surface area contributed by atoms with Crippen LogP contribution in [0.5, 0.6) is 0 Å². The summed E-state index contributed by atoms with van der Waals surface area (Å²) < 4.78 is 11.8. The van der Waals surface area contributed by atoms with E-state index in [2.05, 4.69) is 12.2 Å². The van der Waals surface area contributed by atoms with Crippen LogP contribution in [0, 0.1) is 0 Å². The van der Waals surface area contributed by atoms with Crippen LogP contribution in [-0.2, 0) is 26.3 Å². The van der Waals surface area contributed by atoms with E-state index in [0.29, 0.717) is 13.0 Å². The Kier molecular flexibility index (Phi) is 3.79. The van der Waals surface area contributed by atoms with Gasteiger partial charge in [0.1, 0.15) is 11.6 Å². The lowest BCUT2D eigenvalue weighted by molar-refractivity contribution is -0.151. The van der Waals surface area contributed by atoms with Crippen molar-refractivity contribution in [1.29, 1.82) is 0 Å². The van der Waals surface area contributed by atoms with Gasteiger partial charge in [0, 0.05) is 17.3 Å². The SMILES string of the molecule is COC(=O)[C@@H]1C[C@]2(C[C@H](C)N1)OCCc1cc(Cl)sc12. The summed E-state index contributed by atoms with van der Waals surface area (Å²) in [6.45, 7) is 2.75. The predicted molar refractivity (Wildman–Crippen MR) is 78.3 cm³/mol. The molecule has 0 aliphatic carbocycles. The van der Waals surface area contributed by atoms with Crippen LogP contribution in [0.1, 0.15) is 30.2 Å². The molecule has 2 aliphatic heterocycles. The number of thiophene rings is 1. The zero-order chi connectivity index (χ0) is 14.3. The maximum Gasteiger partial charge on any atom is 0.322 e. The standard InChI is InChI=1S/C14H18ClNO3S/c1-8-6-14(7-10(16-8)13(17)18-2)12-9(3-4-19-14)5-11(15)20-12/h5,8,10,16H,3-4,6-7H2,1-2H3/t8-,10-,14-/m0/s1. The van der Waals surface area contributed by atoms with E-state index >= 15 is 0 Å². The molecule has 3 rings (SSSR count). The zero-order valence-corrected chi connectivity index (χ0v) is 13.1. The molecule has 0 saturated carbocycles. The molecule has 1 saturated heterocycles. The van der Waals surface area contributed by atoms with Gasteiger partial charge in [0.2, 0.25) is 0 Å². The molecule has 2 aliphatic rings. The van der Waals surface area contributed by atoms with Gasteiger partial charge in [-0.2, -0.15) is 0 Å². The normalized spacial score (nSPS) is 33.0. The third-order valence-electron chi connectivity index (χ3n) is 4.08. The molecule has 1 aromatic rings. The molecule has 1 aromatic heterocycles. The molecule has 3 atom stereocenters. The van der Waals surface area contributed by atoms with Crippen molar-refractivity contribution in [2.24, 2.45) is 0 Å². The Morgan fingerprint density at radius 2 is 2.40 bits per heavy atom. The second kappa shape index (κ2) is 5.30. The monoisotopic (exact) mass is 315 g/mol. The fourth-order valence-corrected chi connectivity index (χ4v) is 4.82. The smallest absolute Gasteiger partial charge is 0.322 e. The van der Waals surface area contributed by atoms with E-state index in [1.165, 1.54) is 17.6 Å². The van der Waals surface area contributed by atoms with E-state index in [1.807, 2.05) is 6.07 Å². The molecule has 1 fully saturated rings. The van der Waals surface area contributed by atoms with Crippen molar-refractivity contribution in [3.05, 3.63) is 20.8 Å². The van der Waals surface area contributed by atoms with Gasteiger partial charge in [0.15, 0.2) is 0 Å². The second-order valence-electron chi connectivity index (χ2n) is 5.55. The first-order valence-corrected chi connectivity index (χ1v) is 8.00. The molecule has 4 nitrogen and oxygen atoms in total. The molecule has 1 spiro atoms. The lowest BCUT2D eigenvalue weighted by Crippen LogP contribution is -2.56. The van der Waals surface area contributed by atoms with Crippen molar-refractivity contribution in [3.63, 3.8) is 0 Å². The number of carbonyl (C=O) groups excluding carboxylic acids is 1. The van der Waals surface area contributed by atoms with Crippen LogP contribution in [-0.4, -0.2) is 31.8 Å². The van der Waals surface area contributed by atoms with E-state index < -0.39 is 5.60 Å². The summed E-state index contributed by atoms with van der Waals surface area (Å²) in [5, 5.41) is 3.29. The number of methoxy groups -OCH3 is 1. The molecule has 0 aromatic carbocycles. The van der Waals surface area contributed by atoms with Gasteiger partial charge in [-0.3, -0.25) is 4.79 Å². The van der Waals surface area contributed by atoms with Crippen molar-refractivity contribution in [3.8, 4) is 0 Å². The van der Waals surface area contributed by atoms with E-state index in [0.717, 1.165) is 17.2 Å². The molecule has 3 heterocycles. The second-order valence-corrected chi connectivity index (χ2v) is 7.23. The van der Waals surface area contributed by atoms with Gasteiger partial charge in [0.05, 0.1) is 18.1 Å². The van der Waals surface area contributed by atoms with E-state index in [4.69, 9.17) is 21.1 Å². The van der Waals surface area contributed by atoms with Crippen LogP contribution in [0.2, 0.25) is 4.34 Å². The third kappa shape index (κ3) is 2.37. The Balaban J connectivity index is 1.97. The van der Waals surface area contributed by atoms with Crippen LogP contribution in [0.4, 0.5) is 0 Å². The quantitative estimate of drug-likeness (QED) is 0.809. The molecule has 0 amide bonds. The van der Waals surface area contributed by atoms with Gasteiger partial charge < -0.3 is 14.8 Å². The summed E-state index contributed by atoms with van der Waals surface area (Å²) in [5.41, 5.74) is 0.874. The first-order chi connectivity index (χ1) is 9.54. The van der Waals surface area contributed by atoms with Gasteiger partial charge in [-0.1, -0.05) is 11.6 Å². The van der Waals surface area contributed by atoms with Gasteiger partial charge in [0.25, 0.3) is 0 Å². The molecule has 6 heteroatoms. The Morgan fingerprint density at radius 3 is 3.15 bits per heavy atom. The van der Waals surface area contributed by atoms with Crippen molar-refractivity contribution in [2.75, 3.05) is 13.7 Å². The topological polar surface area (TPSA) is 47.6 Å². The number of fused-ring (bicyclic) bond motifs is 2. The van der Waals surface area contributed by atoms with Gasteiger partial charge in [-0.05, 0) is 31.4 Å². The minimum absolute atomic E-state index is 0.194. The van der Waals surface area contributed by atoms with E-state index in [1.54, 1.807) is 11.3 Å². The van der Waals surface area contributed by atoms with Crippen molar-refractivity contribution in [2.45, 2.75) is 43.9 Å². The number of piperidine rings is 1. The molecule has 0 bridgehead atoms. The minimum Gasteiger partial charge on any atom is -0.468 e. The number of hydrogen-bond donors (Lipinski definition) is 1. The Bertz CT molecular complexity index is 532. The summed E-state index contributed by atoms with van der Waals surface area (Å²) in [7, 11) is 1.42. The Hall–Kier alpha value is -0.620. The summed E-state index contributed by atoms with van der Waals surface area (Å²) in [6.07, 6.45) is 2.35. The number of halogens is 1. The van der Waals surface area contributed by atoms with Gasteiger partial charge in [-0.25, -0.2) is 0 Å². The lowest BCUT2D eigenvalue weighted by atomic mass is 9.80. The number of esters is 1. The maximum absolute atomic E-state index is 11.9.